The molecule has 5 heteroatoms. The molecule has 0 amide bonds. The summed E-state index contributed by atoms with van der Waals surface area (Å²) in [5, 5.41) is 0. The van der Waals surface area contributed by atoms with E-state index in [1.165, 1.54) is 0 Å². The zero-order valence-corrected chi connectivity index (χ0v) is 6.25. The smallest absolute Gasteiger partial charge is 0.236 e. The molecule has 5 nitrogen and oxygen atoms in total. The number of imidazole rings is 1. The Balaban J connectivity index is 2.48. The van der Waals surface area contributed by atoms with Gasteiger partial charge in [0.15, 0.2) is 0 Å². The topological polar surface area (TPSA) is 69.6 Å². The van der Waals surface area contributed by atoms with E-state index >= 15 is 0 Å². The highest BCUT2D eigenvalue weighted by Gasteiger charge is 1.97. The van der Waals surface area contributed by atoms with Gasteiger partial charge in [-0.3, -0.25) is 4.57 Å². The van der Waals surface area contributed by atoms with Crippen LogP contribution in [0.4, 0.5) is 5.82 Å². The van der Waals surface area contributed by atoms with Crippen molar-refractivity contribution in [3.8, 4) is 5.95 Å². The standard InChI is InChI=1S/C7H7N5/c8-6-1-2-10-7(11-6)12-4-3-9-5-12/h1-5H,(H2,8,10,11). The van der Waals surface area contributed by atoms with Crippen LogP contribution in [-0.2, 0) is 0 Å². The molecule has 0 atom stereocenters. The van der Waals surface area contributed by atoms with E-state index in [1.54, 1.807) is 35.6 Å². The summed E-state index contributed by atoms with van der Waals surface area (Å²) in [5.41, 5.74) is 5.48. The number of anilines is 1. The fraction of sp³-hybridized carbons (Fsp3) is 0. The first kappa shape index (κ1) is 6.78. The maximum absolute atomic E-state index is 5.48. The second kappa shape index (κ2) is 2.61. The van der Waals surface area contributed by atoms with Gasteiger partial charge < -0.3 is 5.73 Å². The lowest BCUT2D eigenvalue weighted by Gasteiger charge is -1.98. The van der Waals surface area contributed by atoms with Crippen molar-refractivity contribution in [2.75, 3.05) is 5.73 Å². The molecular formula is C7H7N5. The average molecular weight is 161 g/mol. The molecule has 0 saturated carbocycles. The fourth-order valence-electron chi connectivity index (χ4n) is 0.864. The van der Waals surface area contributed by atoms with Gasteiger partial charge in [0.2, 0.25) is 5.95 Å². The minimum Gasteiger partial charge on any atom is -0.384 e. The van der Waals surface area contributed by atoms with E-state index in [9.17, 15) is 0 Å². The van der Waals surface area contributed by atoms with E-state index in [0.717, 1.165) is 0 Å². The predicted molar refractivity (Wildman–Crippen MR) is 43.6 cm³/mol. The minimum atomic E-state index is 0.453. The van der Waals surface area contributed by atoms with E-state index < -0.39 is 0 Å². The highest BCUT2D eigenvalue weighted by molar-refractivity contribution is 5.29. The summed E-state index contributed by atoms with van der Waals surface area (Å²) in [6, 6.07) is 1.64. The first-order valence-electron chi connectivity index (χ1n) is 3.43. The molecule has 2 N–H and O–H groups in total. The Morgan fingerprint density at radius 2 is 2.25 bits per heavy atom. The predicted octanol–water partition coefficient (Wildman–Crippen LogP) is 0.244. The van der Waals surface area contributed by atoms with Gasteiger partial charge in [-0.2, -0.15) is 4.98 Å². The van der Waals surface area contributed by atoms with Crippen LogP contribution in [0.5, 0.6) is 0 Å². The van der Waals surface area contributed by atoms with Crippen LogP contribution in [0, 0.1) is 0 Å². The van der Waals surface area contributed by atoms with Crippen molar-refractivity contribution in [3.05, 3.63) is 31.0 Å². The molecule has 0 unspecified atom stereocenters. The lowest BCUT2D eigenvalue weighted by molar-refractivity contribution is 0.929. The highest BCUT2D eigenvalue weighted by atomic mass is 15.2. The van der Waals surface area contributed by atoms with Crippen LogP contribution >= 0.6 is 0 Å². The Labute approximate surface area is 68.9 Å². The third kappa shape index (κ3) is 1.12. The second-order valence-electron chi connectivity index (χ2n) is 2.25. The second-order valence-corrected chi connectivity index (χ2v) is 2.25. The van der Waals surface area contributed by atoms with Gasteiger partial charge in [0.25, 0.3) is 0 Å². The van der Waals surface area contributed by atoms with E-state index in [-0.39, 0.29) is 0 Å². The van der Waals surface area contributed by atoms with Gasteiger partial charge in [-0.15, -0.1) is 0 Å². The van der Waals surface area contributed by atoms with Crippen LogP contribution in [-0.4, -0.2) is 19.5 Å². The lowest BCUT2D eigenvalue weighted by atomic mass is 10.6. The molecule has 0 fully saturated rings. The van der Waals surface area contributed by atoms with Crippen molar-refractivity contribution in [1.82, 2.24) is 19.5 Å². The van der Waals surface area contributed by atoms with E-state index in [0.29, 0.717) is 11.8 Å². The number of hydrogen-bond donors (Lipinski definition) is 1. The molecule has 0 radical (unpaired) electrons. The van der Waals surface area contributed by atoms with Crippen LogP contribution in [0.3, 0.4) is 0 Å². The first-order valence-corrected chi connectivity index (χ1v) is 3.43. The third-order valence-electron chi connectivity index (χ3n) is 1.40. The fourth-order valence-corrected chi connectivity index (χ4v) is 0.864. The molecule has 60 valence electrons. The molecule has 0 bridgehead atoms. The Kier molecular flexibility index (Phi) is 1.48. The van der Waals surface area contributed by atoms with Gasteiger partial charge in [0.05, 0.1) is 0 Å². The molecule has 0 saturated heterocycles. The third-order valence-corrected chi connectivity index (χ3v) is 1.40. The van der Waals surface area contributed by atoms with Crippen LogP contribution in [0.1, 0.15) is 0 Å². The van der Waals surface area contributed by atoms with Crippen molar-refractivity contribution >= 4 is 5.82 Å². The summed E-state index contributed by atoms with van der Waals surface area (Å²) in [7, 11) is 0. The van der Waals surface area contributed by atoms with Gasteiger partial charge in [-0.05, 0) is 6.07 Å². The van der Waals surface area contributed by atoms with Gasteiger partial charge in [0.1, 0.15) is 12.1 Å². The summed E-state index contributed by atoms with van der Waals surface area (Å²) in [4.78, 5) is 11.9. The monoisotopic (exact) mass is 161 g/mol. The van der Waals surface area contributed by atoms with Gasteiger partial charge in [0, 0.05) is 18.6 Å². The van der Waals surface area contributed by atoms with Crippen LogP contribution in [0.15, 0.2) is 31.0 Å². The number of rotatable bonds is 1. The van der Waals surface area contributed by atoms with Crippen molar-refractivity contribution in [3.63, 3.8) is 0 Å². The molecule has 2 heterocycles. The summed E-state index contributed by atoms with van der Waals surface area (Å²) in [5.74, 6) is 0.987. The van der Waals surface area contributed by atoms with Crippen molar-refractivity contribution in [2.45, 2.75) is 0 Å². The van der Waals surface area contributed by atoms with Crippen molar-refractivity contribution in [2.24, 2.45) is 0 Å². The van der Waals surface area contributed by atoms with Gasteiger partial charge in [-0.1, -0.05) is 0 Å². The number of nitrogen functional groups attached to an aromatic ring is 1. The number of nitrogens with zero attached hydrogens (tertiary/aromatic N) is 4. The molecule has 0 spiro atoms. The summed E-state index contributed by atoms with van der Waals surface area (Å²) >= 11 is 0. The van der Waals surface area contributed by atoms with Crippen molar-refractivity contribution in [1.29, 1.82) is 0 Å². The molecule has 2 rings (SSSR count). The van der Waals surface area contributed by atoms with E-state index in [1.807, 2.05) is 0 Å². The van der Waals surface area contributed by atoms with Crippen LogP contribution in [0.2, 0.25) is 0 Å². The molecule has 0 aromatic carbocycles. The Morgan fingerprint density at radius 1 is 1.33 bits per heavy atom. The van der Waals surface area contributed by atoms with E-state index in [2.05, 4.69) is 15.0 Å². The average Bonchev–Trinajstić information content (AvgIpc) is 2.56. The molecule has 0 aliphatic rings. The van der Waals surface area contributed by atoms with Gasteiger partial charge in [-0.25, -0.2) is 9.97 Å². The Hall–Kier alpha value is -1.91. The molecule has 0 aliphatic carbocycles. The molecule has 2 aromatic rings. The van der Waals surface area contributed by atoms with Gasteiger partial charge >= 0.3 is 0 Å². The first-order chi connectivity index (χ1) is 5.86. The zero-order valence-electron chi connectivity index (χ0n) is 6.25. The summed E-state index contributed by atoms with van der Waals surface area (Å²) in [6.07, 6.45) is 6.65. The number of aromatic nitrogens is 4. The van der Waals surface area contributed by atoms with Crippen LogP contribution < -0.4 is 5.73 Å². The Bertz CT molecular complexity index is 367. The van der Waals surface area contributed by atoms with E-state index in [4.69, 9.17) is 5.73 Å². The molecule has 0 aliphatic heterocycles. The molecule has 12 heavy (non-hydrogen) atoms. The summed E-state index contributed by atoms with van der Waals surface area (Å²) < 4.78 is 1.69. The Morgan fingerprint density at radius 3 is 2.92 bits per heavy atom. The van der Waals surface area contributed by atoms with Crippen LogP contribution in [0.25, 0.3) is 5.95 Å². The quantitative estimate of drug-likeness (QED) is 0.650. The summed E-state index contributed by atoms with van der Waals surface area (Å²) in [6.45, 7) is 0. The maximum atomic E-state index is 5.48. The largest absolute Gasteiger partial charge is 0.384 e. The maximum Gasteiger partial charge on any atom is 0.236 e. The lowest BCUT2D eigenvalue weighted by Crippen LogP contribution is -2.00. The zero-order chi connectivity index (χ0) is 8.39. The normalized spacial score (nSPS) is 10.0. The highest BCUT2D eigenvalue weighted by Crippen LogP contribution is 2.01. The van der Waals surface area contributed by atoms with Crippen molar-refractivity contribution < 1.29 is 0 Å². The minimum absolute atomic E-state index is 0.453. The number of hydrogen-bond acceptors (Lipinski definition) is 4. The SMILES string of the molecule is Nc1ccnc(-n2ccnc2)n1. The number of nitrogens with two attached hydrogens (primary N) is 1. The molecule has 2 aromatic heterocycles. The molecular weight excluding hydrogens is 154 g/mol.